The number of hydrogen-bond donors (Lipinski definition) is 1. The Bertz CT molecular complexity index is 934. The fourth-order valence-electron chi connectivity index (χ4n) is 3.21. The molecule has 1 aliphatic rings. The monoisotopic (exact) mass is 399 g/mol. The van der Waals surface area contributed by atoms with Crippen LogP contribution >= 0.6 is 11.6 Å². The second-order valence-corrected chi connectivity index (χ2v) is 7.12. The summed E-state index contributed by atoms with van der Waals surface area (Å²) in [5.41, 5.74) is -0.118. The lowest BCUT2D eigenvalue weighted by molar-refractivity contribution is 0.0151. The number of carbonyl (C=O) groups is 1. The smallest absolute Gasteiger partial charge is 0.257 e. The number of nitrogens with zero attached hydrogens (tertiary/aromatic N) is 1. The van der Waals surface area contributed by atoms with Crippen LogP contribution < -0.4 is 9.47 Å². The summed E-state index contributed by atoms with van der Waals surface area (Å²) in [4.78, 5) is 14.6. The fourth-order valence-corrected chi connectivity index (χ4v) is 3.40. The summed E-state index contributed by atoms with van der Waals surface area (Å²) < 4.78 is 10.5. The molecule has 0 radical (unpaired) electrons. The number of piperidine rings is 1. The fraction of sp³-hybridized carbons (Fsp3) is 0.318. The van der Waals surface area contributed by atoms with Crippen molar-refractivity contribution in [3.8, 4) is 23.3 Å². The Balaban J connectivity index is 1.80. The second kappa shape index (κ2) is 8.55. The second-order valence-electron chi connectivity index (χ2n) is 6.69. The Morgan fingerprint density at radius 3 is 2.75 bits per heavy atom. The van der Waals surface area contributed by atoms with E-state index in [-0.39, 0.29) is 12.5 Å². The van der Waals surface area contributed by atoms with E-state index in [1.807, 2.05) is 12.1 Å². The van der Waals surface area contributed by atoms with Crippen molar-refractivity contribution in [2.45, 2.75) is 18.4 Å². The number of aliphatic hydroxyl groups is 1. The van der Waals surface area contributed by atoms with Crippen LogP contribution in [0.1, 0.15) is 28.8 Å². The number of benzene rings is 2. The summed E-state index contributed by atoms with van der Waals surface area (Å²) >= 11 is 5.98. The first-order valence-electron chi connectivity index (χ1n) is 8.96. The number of hydrogen-bond acceptors (Lipinski definition) is 4. The molecule has 0 saturated carbocycles. The maximum absolute atomic E-state index is 13.0. The molecular weight excluding hydrogens is 378 g/mol. The van der Waals surface area contributed by atoms with Gasteiger partial charge in [0.25, 0.3) is 5.91 Å². The summed E-state index contributed by atoms with van der Waals surface area (Å²) in [6.07, 6.45) is 1.16. The Kier molecular flexibility index (Phi) is 6.13. The summed E-state index contributed by atoms with van der Waals surface area (Å²) in [5, 5.41) is 11.5. The molecule has 1 atom stereocenters. The first-order valence-corrected chi connectivity index (χ1v) is 9.34. The zero-order valence-corrected chi connectivity index (χ0v) is 16.6. The lowest BCUT2D eigenvalue weighted by Crippen LogP contribution is -2.49. The molecule has 1 unspecified atom stereocenters. The Morgan fingerprint density at radius 2 is 2.04 bits per heavy atom. The van der Waals surface area contributed by atoms with Gasteiger partial charge in [-0.1, -0.05) is 29.5 Å². The normalized spacial score (nSPS) is 18.8. The molecule has 28 heavy (non-hydrogen) atoms. The topological polar surface area (TPSA) is 59.0 Å². The van der Waals surface area contributed by atoms with E-state index < -0.39 is 5.60 Å². The molecule has 2 aromatic rings. The Labute approximate surface area is 169 Å². The van der Waals surface area contributed by atoms with Crippen LogP contribution in [0.4, 0.5) is 0 Å². The third kappa shape index (κ3) is 4.59. The lowest BCUT2D eigenvalue weighted by Gasteiger charge is -2.36. The molecule has 6 heteroatoms. The van der Waals surface area contributed by atoms with E-state index in [0.717, 1.165) is 5.56 Å². The number of ether oxygens (including phenoxy) is 2. The van der Waals surface area contributed by atoms with Crippen LogP contribution in [-0.4, -0.2) is 48.8 Å². The van der Waals surface area contributed by atoms with Crippen LogP contribution in [0.2, 0.25) is 5.02 Å². The minimum Gasteiger partial charge on any atom is -0.497 e. The van der Waals surface area contributed by atoms with Crippen LogP contribution in [0.15, 0.2) is 42.5 Å². The molecule has 1 saturated heterocycles. The highest BCUT2D eigenvalue weighted by Crippen LogP contribution is 2.28. The van der Waals surface area contributed by atoms with Crippen molar-refractivity contribution < 1.29 is 19.4 Å². The minimum absolute atomic E-state index is 0.134. The highest BCUT2D eigenvalue weighted by molar-refractivity contribution is 6.30. The van der Waals surface area contributed by atoms with Crippen LogP contribution in [0.3, 0.4) is 0 Å². The number of rotatable bonds is 3. The molecule has 3 rings (SSSR count). The number of carbonyl (C=O) groups excluding carboxylic acids is 1. The highest BCUT2D eigenvalue weighted by atomic mass is 35.5. The molecule has 5 nitrogen and oxygen atoms in total. The van der Waals surface area contributed by atoms with Gasteiger partial charge in [-0.2, -0.15) is 0 Å². The molecule has 0 bridgehead atoms. The van der Waals surface area contributed by atoms with Gasteiger partial charge in [-0.05, 0) is 43.2 Å². The van der Waals surface area contributed by atoms with Crippen molar-refractivity contribution in [3.63, 3.8) is 0 Å². The van der Waals surface area contributed by atoms with E-state index in [0.29, 0.717) is 41.5 Å². The lowest BCUT2D eigenvalue weighted by atomic mass is 9.92. The van der Waals surface area contributed by atoms with Gasteiger partial charge in [-0.15, -0.1) is 0 Å². The largest absolute Gasteiger partial charge is 0.497 e. The Morgan fingerprint density at radius 1 is 1.21 bits per heavy atom. The van der Waals surface area contributed by atoms with Crippen LogP contribution in [-0.2, 0) is 0 Å². The maximum atomic E-state index is 13.0. The van der Waals surface area contributed by atoms with Gasteiger partial charge in [0, 0.05) is 23.2 Å². The van der Waals surface area contributed by atoms with E-state index in [1.165, 1.54) is 7.11 Å². The van der Waals surface area contributed by atoms with Gasteiger partial charge < -0.3 is 19.5 Å². The molecule has 0 aliphatic carbocycles. The van der Waals surface area contributed by atoms with Gasteiger partial charge in [0.15, 0.2) is 0 Å². The molecule has 2 aromatic carbocycles. The third-order valence-corrected chi connectivity index (χ3v) is 4.90. The molecule has 146 valence electrons. The van der Waals surface area contributed by atoms with Gasteiger partial charge in [0.2, 0.25) is 0 Å². The average Bonchev–Trinajstić information content (AvgIpc) is 2.71. The van der Waals surface area contributed by atoms with Crippen molar-refractivity contribution in [2.24, 2.45) is 0 Å². The SMILES string of the molecule is COc1ccc(C(=O)N2CCCC(O)(C#Cc3cccc(Cl)c3)C2)c(OC)c1. The zero-order valence-electron chi connectivity index (χ0n) is 15.9. The number of methoxy groups -OCH3 is 2. The standard InChI is InChI=1S/C22H22ClNO4/c1-27-18-7-8-19(20(14-18)28-2)21(25)24-12-4-10-22(26,15-24)11-9-16-5-3-6-17(23)13-16/h3,5-8,13-14,26H,4,10,12,15H2,1-2H3. The summed E-state index contributed by atoms with van der Waals surface area (Å²) in [6.45, 7) is 0.684. The molecule has 1 amide bonds. The molecule has 1 aliphatic heterocycles. The van der Waals surface area contributed by atoms with Gasteiger partial charge in [-0.3, -0.25) is 4.79 Å². The molecule has 0 spiro atoms. The summed E-state index contributed by atoms with van der Waals surface area (Å²) in [6, 6.07) is 12.2. The average molecular weight is 400 g/mol. The van der Waals surface area contributed by atoms with Crippen LogP contribution in [0.5, 0.6) is 11.5 Å². The number of likely N-dealkylation sites (tertiary alicyclic amines) is 1. The van der Waals surface area contributed by atoms with Gasteiger partial charge in [0.1, 0.15) is 17.1 Å². The third-order valence-electron chi connectivity index (χ3n) is 4.66. The quantitative estimate of drug-likeness (QED) is 0.804. The number of amides is 1. The van der Waals surface area contributed by atoms with E-state index in [4.69, 9.17) is 21.1 Å². The van der Waals surface area contributed by atoms with E-state index >= 15 is 0 Å². The van der Waals surface area contributed by atoms with Crippen molar-refractivity contribution in [1.29, 1.82) is 0 Å². The zero-order chi connectivity index (χ0) is 20.1. The summed E-state index contributed by atoms with van der Waals surface area (Å²) in [7, 11) is 3.06. The first-order chi connectivity index (χ1) is 13.4. The van der Waals surface area contributed by atoms with E-state index in [2.05, 4.69) is 11.8 Å². The van der Waals surface area contributed by atoms with Crippen LogP contribution in [0, 0.1) is 11.8 Å². The molecule has 0 aromatic heterocycles. The van der Waals surface area contributed by atoms with Crippen LogP contribution in [0.25, 0.3) is 0 Å². The van der Waals surface area contributed by atoms with Crippen molar-refractivity contribution in [2.75, 3.05) is 27.3 Å². The van der Waals surface area contributed by atoms with E-state index in [1.54, 1.807) is 42.3 Å². The van der Waals surface area contributed by atoms with Gasteiger partial charge >= 0.3 is 0 Å². The molecule has 1 fully saturated rings. The number of halogens is 1. The minimum atomic E-state index is -1.27. The Hall–Kier alpha value is -2.68. The number of β-amino-alcohol motifs (C(OH)–C–C–N with tert-alkyl or cyclic N) is 1. The van der Waals surface area contributed by atoms with Crippen molar-refractivity contribution >= 4 is 17.5 Å². The van der Waals surface area contributed by atoms with Gasteiger partial charge in [-0.25, -0.2) is 0 Å². The predicted octanol–water partition coefficient (Wildman–Crippen LogP) is 3.38. The molecule has 1 heterocycles. The highest BCUT2D eigenvalue weighted by Gasteiger charge is 2.34. The first kappa shape index (κ1) is 20.1. The summed E-state index contributed by atoms with van der Waals surface area (Å²) in [5.74, 6) is 6.73. The maximum Gasteiger partial charge on any atom is 0.257 e. The molecule has 1 N–H and O–H groups in total. The predicted molar refractivity (Wildman–Crippen MR) is 108 cm³/mol. The van der Waals surface area contributed by atoms with Crippen molar-refractivity contribution in [1.82, 2.24) is 4.90 Å². The molecular formula is C22H22ClNO4. The van der Waals surface area contributed by atoms with E-state index in [9.17, 15) is 9.90 Å². The van der Waals surface area contributed by atoms with Crippen molar-refractivity contribution in [3.05, 3.63) is 58.6 Å². The van der Waals surface area contributed by atoms with Gasteiger partial charge in [0.05, 0.1) is 26.3 Å².